The normalized spacial score (nSPS) is 11.7. The van der Waals surface area contributed by atoms with E-state index in [-0.39, 0.29) is 5.97 Å². The zero-order valence-electron chi connectivity index (χ0n) is 11.0. The second-order valence-electron chi connectivity index (χ2n) is 4.36. The monoisotopic (exact) mass is 232 g/mol. The fourth-order valence-corrected chi connectivity index (χ4v) is 1.59. The molecule has 1 aromatic carbocycles. The number of hydrogen-bond donors (Lipinski definition) is 0. The van der Waals surface area contributed by atoms with E-state index in [1.54, 1.807) is 13.0 Å². The van der Waals surface area contributed by atoms with Crippen molar-refractivity contribution < 1.29 is 9.53 Å². The molecular formula is C15H20O2. The van der Waals surface area contributed by atoms with E-state index >= 15 is 0 Å². The quantitative estimate of drug-likeness (QED) is 0.583. The molecule has 0 saturated carbocycles. The number of carbonyl (C=O) groups is 1. The number of carbonyl (C=O) groups excluding carboxylic acids is 1. The molecule has 0 aliphatic carbocycles. The first-order chi connectivity index (χ1) is 8.04. The highest BCUT2D eigenvalue weighted by molar-refractivity contribution is 5.90. The minimum Gasteiger partial charge on any atom is -0.463 e. The minimum atomic E-state index is -0.278. The first kappa shape index (κ1) is 13.5. The van der Waals surface area contributed by atoms with E-state index < -0.39 is 0 Å². The second kappa shape index (κ2) is 6.24. The largest absolute Gasteiger partial charge is 0.463 e. The summed E-state index contributed by atoms with van der Waals surface area (Å²) in [6.45, 7) is 8.46. The lowest BCUT2D eigenvalue weighted by atomic mass is 9.98. The van der Waals surface area contributed by atoms with E-state index in [1.807, 2.05) is 19.1 Å². The number of hydrogen-bond acceptors (Lipinski definition) is 2. The molecule has 1 aromatic rings. The summed E-state index contributed by atoms with van der Waals surface area (Å²) in [7, 11) is 0. The van der Waals surface area contributed by atoms with Gasteiger partial charge in [-0.25, -0.2) is 4.79 Å². The van der Waals surface area contributed by atoms with Crippen molar-refractivity contribution in [3.05, 3.63) is 41.5 Å². The van der Waals surface area contributed by atoms with Crippen LogP contribution in [0, 0.1) is 0 Å². The van der Waals surface area contributed by atoms with Gasteiger partial charge < -0.3 is 4.74 Å². The third kappa shape index (κ3) is 4.06. The Morgan fingerprint density at radius 2 is 2.12 bits per heavy atom. The van der Waals surface area contributed by atoms with Crippen LogP contribution in [0.15, 0.2) is 30.3 Å². The van der Waals surface area contributed by atoms with Crippen molar-refractivity contribution in [3.8, 4) is 0 Å². The van der Waals surface area contributed by atoms with Gasteiger partial charge in [0.1, 0.15) is 0 Å². The third-order valence-electron chi connectivity index (χ3n) is 2.63. The van der Waals surface area contributed by atoms with Gasteiger partial charge in [0.2, 0.25) is 0 Å². The molecule has 1 rings (SSSR count). The Labute approximate surface area is 103 Å². The number of rotatable bonds is 4. The molecule has 0 heterocycles. The maximum Gasteiger partial charge on any atom is 0.331 e. The first-order valence-electron chi connectivity index (χ1n) is 6.00. The highest BCUT2D eigenvalue weighted by Gasteiger charge is 2.03. The van der Waals surface area contributed by atoms with E-state index in [0.717, 1.165) is 11.1 Å². The van der Waals surface area contributed by atoms with Crippen molar-refractivity contribution in [1.82, 2.24) is 0 Å². The van der Waals surface area contributed by atoms with Gasteiger partial charge in [-0.15, -0.1) is 0 Å². The molecule has 0 aliphatic rings. The highest BCUT2D eigenvalue weighted by Crippen LogP contribution is 2.20. The van der Waals surface area contributed by atoms with Crippen molar-refractivity contribution in [3.63, 3.8) is 0 Å². The van der Waals surface area contributed by atoms with E-state index in [2.05, 4.69) is 26.0 Å². The van der Waals surface area contributed by atoms with Gasteiger partial charge in [0.25, 0.3) is 0 Å². The van der Waals surface area contributed by atoms with Crippen LogP contribution in [0.2, 0.25) is 0 Å². The zero-order chi connectivity index (χ0) is 12.8. The van der Waals surface area contributed by atoms with E-state index in [9.17, 15) is 4.79 Å². The molecule has 92 valence electrons. The molecule has 0 radical (unpaired) electrons. The molecule has 0 fully saturated rings. The molecule has 2 nitrogen and oxygen atoms in total. The molecule has 2 heteroatoms. The average Bonchev–Trinajstić information content (AvgIpc) is 2.29. The van der Waals surface area contributed by atoms with Crippen molar-refractivity contribution in [2.45, 2.75) is 33.6 Å². The molecule has 0 spiro atoms. The number of esters is 1. The SMILES string of the molecule is CCOC(=O)/C=C(\C)c1cccc(C(C)C)c1. The summed E-state index contributed by atoms with van der Waals surface area (Å²) >= 11 is 0. The molecule has 17 heavy (non-hydrogen) atoms. The lowest BCUT2D eigenvalue weighted by molar-refractivity contribution is -0.137. The summed E-state index contributed by atoms with van der Waals surface area (Å²) in [5.74, 6) is 0.213. The van der Waals surface area contributed by atoms with E-state index in [1.165, 1.54) is 5.56 Å². The Bertz CT molecular complexity index is 417. The molecule has 0 bridgehead atoms. The van der Waals surface area contributed by atoms with Gasteiger partial charge in [0.15, 0.2) is 0 Å². The summed E-state index contributed by atoms with van der Waals surface area (Å²) in [5.41, 5.74) is 3.29. The van der Waals surface area contributed by atoms with Crippen LogP contribution in [0.1, 0.15) is 44.7 Å². The summed E-state index contributed by atoms with van der Waals surface area (Å²) in [6.07, 6.45) is 1.54. The summed E-state index contributed by atoms with van der Waals surface area (Å²) < 4.78 is 4.90. The minimum absolute atomic E-state index is 0.278. The third-order valence-corrected chi connectivity index (χ3v) is 2.63. The van der Waals surface area contributed by atoms with Gasteiger partial charge >= 0.3 is 5.97 Å². The van der Waals surface area contributed by atoms with Crippen LogP contribution < -0.4 is 0 Å². The van der Waals surface area contributed by atoms with Gasteiger partial charge in [-0.1, -0.05) is 38.1 Å². The Morgan fingerprint density at radius 1 is 1.41 bits per heavy atom. The average molecular weight is 232 g/mol. The van der Waals surface area contributed by atoms with Crippen LogP contribution in [-0.4, -0.2) is 12.6 Å². The molecule has 0 N–H and O–H groups in total. The summed E-state index contributed by atoms with van der Waals surface area (Å²) in [6, 6.07) is 8.26. The van der Waals surface area contributed by atoms with Crippen LogP contribution in [0.25, 0.3) is 5.57 Å². The molecule has 0 saturated heterocycles. The predicted octanol–water partition coefficient (Wildman–Crippen LogP) is 3.78. The van der Waals surface area contributed by atoms with E-state index in [0.29, 0.717) is 12.5 Å². The maximum absolute atomic E-state index is 11.3. The van der Waals surface area contributed by atoms with E-state index in [4.69, 9.17) is 4.74 Å². The van der Waals surface area contributed by atoms with Crippen LogP contribution in [-0.2, 0) is 9.53 Å². The molecule has 0 unspecified atom stereocenters. The van der Waals surface area contributed by atoms with Crippen LogP contribution in [0.4, 0.5) is 0 Å². The zero-order valence-corrected chi connectivity index (χ0v) is 11.0. The van der Waals surface area contributed by atoms with Gasteiger partial charge in [0, 0.05) is 6.08 Å². The molecule has 0 atom stereocenters. The van der Waals surface area contributed by atoms with Gasteiger partial charge in [0.05, 0.1) is 6.61 Å². The molecule has 0 aromatic heterocycles. The number of allylic oxidation sites excluding steroid dienone is 1. The van der Waals surface area contributed by atoms with Crippen molar-refractivity contribution in [2.75, 3.05) is 6.61 Å². The Balaban J connectivity index is 2.92. The van der Waals surface area contributed by atoms with Crippen molar-refractivity contribution in [2.24, 2.45) is 0 Å². The topological polar surface area (TPSA) is 26.3 Å². The Kier molecular flexibility index (Phi) is 4.95. The molecule has 0 amide bonds. The Morgan fingerprint density at radius 3 is 2.71 bits per heavy atom. The van der Waals surface area contributed by atoms with Crippen LogP contribution in [0.5, 0.6) is 0 Å². The lowest BCUT2D eigenvalue weighted by Crippen LogP contribution is -2.00. The maximum atomic E-state index is 11.3. The lowest BCUT2D eigenvalue weighted by Gasteiger charge is -2.08. The molecular weight excluding hydrogens is 212 g/mol. The van der Waals surface area contributed by atoms with Crippen molar-refractivity contribution in [1.29, 1.82) is 0 Å². The fraction of sp³-hybridized carbons (Fsp3) is 0.400. The first-order valence-corrected chi connectivity index (χ1v) is 6.00. The number of benzene rings is 1. The van der Waals surface area contributed by atoms with Gasteiger partial charge in [-0.2, -0.15) is 0 Å². The fourth-order valence-electron chi connectivity index (χ4n) is 1.59. The smallest absolute Gasteiger partial charge is 0.331 e. The van der Waals surface area contributed by atoms with Crippen LogP contribution in [0.3, 0.4) is 0 Å². The summed E-state index contributed by atoms with van der Waals surface area (Å²) in [5, 5.41) is 0. The predicted molar refractivity (Wildman–Crippen MR) is 70.8 cm³/mol. The second-order valence-corrected chi connectivity index (χ2v) is 4.36. The van der Waals surface area contributed by atoms with Crippen molar-refractivity contribution >= 4 is 11.5 Å². The Hall–Kier alpha value is -1.57. The molecule has 0 aliphatic heterocycles. The van der Waals surface area contributed by atoms with Gasteiger partial charge in [-0.3, -0.25) is 0 Å². The van der Waals surface area contributed by atoms with Crippen LogP contribution >= 0.6 is 0 Å². The standard InChI is InChI=1S/C15H20O2/c1-5-17-15(16)9-12(4)14-8-6-7-13(10-14)11(2)3/h6-11H,5H2,1-4H3/b12-9+. The number of ether oxygens (including phenoxy) is 1. The van der Waals surface area contributed by atoms with Gasteiger partial charge in [-0.05, 0) is 36.5 Å². The summed E-state index contributed by atoms with van der Waals surface area (Å²) in [4.78, 5) is 11.3. The highest BCUT2D eigenvalue weighted by atomic mass is 16.5.